The summed E-state index contributed by atoms with van der Waals surface area (Å²) in [7, 11) is 0. The van der Waals surface area contributed by atoms with Gasteiger partial charge in [-0.25, -0.2) is 18.2 Å². The van der Waals surface area contributed by atoms with Gasteiger partial charge in [-0.15, -0.1) is 0 Å². The number of hydrogen-bond acceptors (Lipinski definition) is 6. The van der Waals surface area contributed by atoms with E-state index in [1.165, 1.54) is 0 Å². The Morgan fingerprint density at radius 1 is 1.29 bits per heavy atom. The fraction of sp³-hybridized carbons (Fsp3) is 0.650. The maximum absolute atomic E-state index is 13.6. The van der Waals surface area contributed by atoms with E-state index in [-0.39, 0.29) is 24.3 Å². The molecule has 3 saturated carbocycles. The number of amides is 4. The first-order valence-electron chi connectivity index (χ1n) is 10.8. The van der Waals surface area contributed by atoms with Crippen LogP contribution >= 0.6 is 11.6 Å². The van der Waals surface area contributed by atoms with Crippen LogP contribution in [-0.2, 0) is 14.4 Å². The van der Waals surface area contributed by atoms with Crippen LogP contribution in [0.3, 0.4) is 0 Å². The van der Waals surface area contributed by atoms with Crippen molar-refractivity contribution in [1.29, 1.82) is 0 Å². The lowest BCUT2D eigenvalue weighted by molar-refractivity contribution is -0.149. The zero-order valence-corrected chi connectivity index (χ0v) is 18.6. The summed E-state index contributed by atoms with van der Waals surface area (Å²) in [6.07, 6.45) is 0.278. The first-order valence-corrected chi connectivity index (χ1v) is 11.2. The molecule has 4 fully saturated rings. The highest BCUT2D eigenvalue weighted by molar-refractivity contribution is 6.29. The Morgan fingerprint density at radius 3 is 2.50 bits per heavy atom. The fourth-order valence-corrected chi connectivity index (χ4v) is 4.96. The molecular formula is C20H23ClF3N5O5. The number of hydrogen-bond donors (Lipinski definition) is 3. The van der Waals surface area contributed by atoms with E-state index < -0.39 is 53.2 Å². The molecule has 0 spiro atoms. The van der Waals surface area contributed by atoms with Gasteiger partial charge in [0.1, 0.15) is 6.04 Å². The van der Waals surface area contributed by atoms with Crippen molar-refractivity contribution < 1.29 is 36.9 Å². The van der Waals surface area contributed by atoms with Crippen molar-refractivity contribution in [3.8, 4) is 0 Å². The Hall–Kier alpha value is -2.83. The quantitative estimate of drug-likeness (QED) is 0.343. The number of rotatable bonds is 9. The van der Waals surface area contributed by atoms with Crippen LogP contribution in [0.15, 0.2) is 10.6 Å². The standard InChI is InChI=1S/C20H23ClF3N5O5/c21-14(22)19(33)29(8-10-1-2-25-16(10)30)27-18(32)12(7-20-4-9(5-20)6-20)26-17(31)11-3-13(15(23)24)34-28-11/h3,9-10,12,14-15H,1-2,4-8H2,(H,25,30)(H,26,31)(H,27,32)/t9?,10-,12-,14-,20?/m0/s1. The molecule has 3 aliphatic carbocycles. The molecule has 1 aliphatic heterocycles. The van der Waals surface area contributed by atoms with E-state index in [9.17, 15) is 32.3 Å². The molecule has 10 nitrogen and oxygen atoms in total. The predicted octanol–water partition coefficient (Wildman–Crippen LogP) is 1.43. The third-order valence-electron chi connectivity index (χ3n) is 6.66. The topological polar surface area (TPSA) is 134 Å². The largest absolute Gasteiger partial charge is 0.356 e. The van der Waals surface area contributed by atoms with Crippen LogP contribution in [-0.4, -0.2) is 58.6 Å². The summed E-state index contributed by atoms with van der Waals surface area (Å²) in [4.78, 5) is 49.8. The highest BCUT2D eigenvalue weighted by atomic mass is 35.5. The number of nitrogens with zero attached hydrogens (tertiary/aromatic N) is 2. The van der Waals surface area contributed by atoms with Gasteiger partial charge in [-0.3, -0.25) is 24.6 Å². The zero-order chi connectivity index (χ0) is 24.6. The van der Waals surface area contributed by atoms with E-state index in [1.54, 1.807) is 0 Å². The number of carbonyl (C=O) groups excluding carboxylic acids is 4. The van der Waals surface area contributed by atoms with E-state index >= 15 is 0 Å². The number of nitrogens with one attached hydrogen (secondary N) is 3. The Labute approximate surface area is 196 Å². The fourth-order valence-electron chi connectivity index (χ4n) is 4.84. The van der Waals surface area contributed by atoms with Crippen LogP contribution in [0, 0.1) is 17.3 Å². The van der Waals surface area contributed by atoms with Gasteiger partial charge in [-0.2, -0.15) is 0 Å². The Kier molecular flexibility index (Phi) is 6.74. The second-order valence-corrected chi connectivity index (χ2v) is 9.51. The van der Waals surface area contributed by atoms with Crippen LogP contribution in [0.2, 0.25) is 0 Å². The molecule has 14 heteroatoms. The normalized spacial score (nSPS) is 26.7. The van der Waals surface area contributed by atoms with Gasteiger partial charge in [0.05, 0.1) is 12.5 Å². The zero-order valence-electron chi connectivity index (χ0n) is 17.9. The molecule has 1 aromatic heterocycles. The molecule has 34 heavy (non-hydrogen) atoms. The summed E-state index contributed by atoms with van der Waals surface area (Å²) < 4.78 is 43.5. The molecule has 5 rings (SSSR count). The van der Waals surface area contributed by atoms with Gasteiger partial charge in [0, 0.05) is 12.6 Å². The van der Waals surface area contributed by atoms with E-state index in [1.807, 2.05) is 0 Å². The minimum absolute atomic E-state index is 0.146. The van der Waals surface area contributed by atoms with Crippen molar-refractivity contribution in [3.63, 3.8) is 0 Å². The first-order chi connectivity index (χ1) is 16.1. The molecule has 0 radical (unpaired) electrons. The molecule has 1 saturated heterocycles. The monoisotopic (exact) mass is 505 g/mol. The molecule has 3 atom stereocenters. The smallest absolute Gasteiger partial charge is 0.298 e. The summed E-state index contributed by atoms with van der Waals surface area (Å²) in [6.45, 7) is 0.0680. The first kappa shape index (κ1) is 24.3. The van der Waals surface area contributed by atoms with E-state index in [0.29, 0.717) is 23.9 Å². The van der Waals surface area contributed by atoms with Crippen molar-refractivity contribution in [2.24, 2.45) is 17.3 Å². The number of hydrazine groups is 1. The lowest BCUT2D eigenvalue weighted by Crippen LogP contribution is -2.60. The van der Waals surface area contributed by atoms with Crippen LogP contribution < -0.4 is 16.1 Å². The maximum Gasteiger partial charge on any atom is 0.298 e. The van der Waals surface area contributed by atoms with Crippen LogP contribution in [0.25, 0.3) is 0 Å². The average molecular weight is 506 g/mol. The summed E-state index contributed by atoms with van der Waals surface area (Å²) in [5.74, 6) is -4.26. The SMILES string of the molecule is O=C(N[C@@H](CC12CC(C1)C2)C(=O)NN(C[C@@H]1CCNC1=O)C(=O)[C@H](F)Cl)c1cc(C(F)F)on1. The number of alkyl halides is 4. The second kappa shape index (κ2) is 9.43. The summed E-state index contributed by atoms with van der Waals surface area (Å²) >= 11 is 5.29. The van der Waals surface area contributed by atoms with Gasteiger partial charge < -0.3 is 15.2 Å². The highest BCUT2D eigenvalue weighted by Crippen LogP contribution is 2.66. The van der Waals surface area contributed by atoms with E-state index in [4.69, 9.17) is 11.6 Å². The Balaban J connectivity index is 1.48. The van der Waals surface area contributed by atoms with Crippen molar-refractivity contribution in [1.82, 2.24) is 26.2 Å². The maximum atomic E-state index is 13.6. The van der Waals surface area contributed by atoms with Crippen molar-refractivity contribution in [2.45, 2.75) is 50.2 Å². The average Bonchev–Trinajstić information content (AvgIpc) is 3.37. The molecule has 4 aliphatic rings. The predicted molar refractivity (Wildman–Crippen MR) is 109 cm³/mol. The third kappa shape index (κ3) is 4.98. The van der Waals surface area contributed by atoms with Crippen LogP contribution in [0.5, 0.6) is 0 Å². The molecule has 3 N–H and O–H groups in total. The lowest BCUT2D eigenvalue weighted by Gasteiger charge is -2.63. The molecule has 2 bridgehead atoms. The van der Waals surface area contributed by atoms with E-state index in [0.717, 1.165) is 25.3 Å². The van der Waals surface area contributed by atoms with Gasteiger partial charge >= 0.3 is 0 Å². The van der Waals surface area contributed by atoms with Gasteiger partial charge in [0.2, 0.25) is 11.7 Å². The number of carbonyl (C=O) groups is 4. The molecule has 4 amide bonds. The highest BCUT2D eigenvalue weighted by Gasteiger charge is 2.57. The molecule has 186 valence electrons. The minimum Gasteiger partial charge on any atom is -0.356 e. The third-order valence-corrected chi connectivity index (χ3v) is 6.85. The minimum atomic E-state index is -2.97. The molecular weight excluding hydrogens is 483 g/mol. The summed E-state index contributed by atoms with van der Waals surface area (Å²) in [5, 5.41) is 8.98. The van der Waals surface area contributed by atoms with Crippen molar-refractivity contribution in [3.05, 3.63) is 17.5 Å². The number of aromatic nitrogens is 1. The molecule has 0 aromatic carbocycles. The number of halogens is 4. The lowest BCUT2D eigenvalue weighted by atomic mass is 9.43. The van der Waals surface area contributed by atoms with Crippen molar-refractivity contribution >= 4 is 35.2 Å². The Morgan fingerprint density at radius 2 is 2.00 bits per heavy atom. The van der Waals surface area contributed by atoms with E-state index in [2.05, 4.69) is 25.7 Å². The Bertz CT molecular complexity index is 973. The second-order valence-electron chi connectivity index (χ2n) is 9.13. The van der Waals surface area contributed by atoms with Gasteiger partial charge in [-0.1, -0.05) is 16.8 Å². The molecule has 0 unspecified atom stereocenters. The van der Waals surface area contributed by atoms with Gasteiger partial charge in [0.15, 0.2) is 5.69 Å². The summed E-state index contributed by atoms with van der Waals surface area (Å²) in [5.41, 5.74) is -0.769. The summed E-state index contributed by atoms with van der Waals surface area (Å²) in [6, 6.07) is -0.410. The van der Waals surface area contributed by atoms with Crippen molar-refractivity contribution in [2.75, 3.05) is 13.1 Å². The van der Waals surface area contributed by atoms with Crippen LogP contribution in [0.4, 0.5) is 13.2 Å². The van der Waals surface area contributed by atoms with Gasteiger partial charge in [-0.05, 0) is 43.4 Å². The molecule has 2 heterocycles. The van der Waals surface area contributed by atoms with Crippen LogP contribution in [0.1, 0.15) is 54.8 Å². The molecule has 1 aromatic rings. The van der Waals surface area contributed by atoms with Gasteiger partial charge in [0.25, 0.3) is 29.8 Å².